The van der Waals surface area contributed by atoms with Crippen LogP contribution in [0, 0.1) is 0 Å². The van der Waals surface area contributed by atoms with E-state index in [9.17, 15) is 0 Å². The highest BCUT2D eigenvalue weighted by molar-refractivity contribution is 7.24. The van der Waals surface area contributed by atoms with Crippen LogP contribution in [-0.2, 0) is 0 Å². The van der Waals surface area contributed by atoms with Crippen molar-refractivity contribution < 1.29 is 0 Å². The zero-order chi connectivity index (χ0) is 25.1. The van der Waals surface area contributed by atoms with E-state index in [2.05, 4.69) is 126 Å². The summed E-state index contributed by atoms with van der Waals surface area (Å²) >= 11 is 1.90. The van der Waals surface area contributed by atoms with Crippen molar-refractivity contribution in [2.45, 2.75) is 0 Å². The quantitative estimate of drug-likeness (QED) is 0.235. The zero-order valence-corrected chi connectivity index (χ0v) is 21.3. The van der Waals surface area contributed by atoms with Gasteiger partial charge in [-0.15, -0.1) is 11.3 Å². The molecule has 0 fully saturated rings. The van der Waals surface area contributed by atoms with Crippen LogP contribution >= 0.6 is 11.3 Å². The molecule has 0 spiro atoms. The molecule has 0 atom stereocenters. The van der Waals surface area contributed by atoms with E-state index in [1.165, 1.54) is 53.5 Å². The first-order chi connectivity index (χ1) is 18.9. The standard InChI is InChI=1S/C35H22N2S/c1-3-11-23(12-4-1)31-27-20-21-29-32(35(27)38-34(31)25-13-5-2-6-14-25)26-17-7-8-18-28(26)37(29)30-19-9-15-24-16-10-22-36-33(24)30/h1-22H. The van der Waals surface area contributed by atoms with Crippen LogP contribution in [0.1, 0.15) is 0 Å². The lowest BCUT2D eigenvalue weighted by atomic mass is 9.98. The van der Waals surface area contributed by atoms with Crippen LogP contribution in [0.2, 0.25) is 0 Å². The van der Waals surface area contributed by atoms with Gasteiger partial charge in [-0.1, -0.05) is 103 Å². The summed E-state index contributed by atoms with van der Waals surface area (Å²) in [4.78, 5) is 6.10. The van der Waals surface area contributed by atoms with Crippen LogP contribution in [0.3, 0.4) is 0 Å². The van der Waals surface area contributed by atoms with Crippen LogP contribution in [0.5, 0.6) is 0 Å². The first kappa shape index (κ1) is 21.4. The maximum Gasteiger partial charge on any atom is 0.0942 e. The largest absolute Gasteiger partial charge is 0.307 e. The molecule has 0 aliphatic carbocycles. The smallest absolute Gasteiger partial charge is 0.0942 e. The molecule has 0 saturated carbocycles. The topological polar surface area (TPSA) is 17.8 Å². The summed E-state index contributed by atoms with van der Waals surface area (Å²) < 4.78 is 3.71. The number of hydrogen-bond donors (Lipinski definition) is 0. The van der Waals surface area contributed by atoms with Crippen molar-refractivity contribution in [1.29, 1.82) is 0 Å². The van der Waals surface area contributed by atoms with Crippen LogP contribution in [0.4, 0.5) is 0 Å². The average molecular weight is 503 g/mol. The van der Waals surface area contributed by atoms with E-state index in [0.29, 0.717) is 0 Å². The van der Waals surface area contributed by atoms with Gasteiger partial charge in [0, 0.05) is 42.9 Å². The van der Waals surface area contributed by atoms with Gasteiger partial charge in [0.1, 0.15) is 0 Å². The van der Waals surface area contributed by atoms with Crippen molar-refractivity contribution >= 4 is 54.1 Å². The molecular formula is C35H22N2S. The van der Waals surface area contributed by atoms with E-state index in [1.54, 1.807) is 0 Å². The summed E-state index contributed by atoms with van der Waals surface area (Å²) in [6.07, 6.45) is 1.88. The van der Waals surface area contributed by atoms with Crippen LogP contribution in [0.25, 0.3) is 70.0 Å². The van der Waals surface area contributed by atoms with Gasteiger partial charge in [-0.3, -0.25) is 4.98 Å². The first-order valence-corrected chi connectivity index (χ1v) is 13.6. The van der Waals surface area contributed by atoms with Gasteiger partial charge < -0.3 is 4.57 Å². The fourth-order valence-electron chi connectivity index (χ4n) is 5.82. The minimum absolute atomic E-state index is 1.01. The molecular weight excluding hydrogens is 480 g/mol. The van der Waals surface area contributed by atoms with Crippen LogP contribution in [-0.4, -0.2) is 9.55 Å². The summed E-state index contributed by atoms with van der Waals surface area (Å²) in [5.41, 5.74) is 8.33. The minimum Gasteiger partial charge on any atom is -0.307 e. The number of rotatable bonds is 3. The maximum atomic E-state index is 4.79. The van der Waals surface area contributed by atoms with Crippen molar-refractivity contribution in [3.8, 4) is 27.3 Å². The number of para-hydroxylation sites is 2. The molecule has 0 aliphatic heterocycles. The molecule has 0 N–H and O–H groups in total. The molecule has 0 bridgehead atoms. The number of aromatic nitrogens is 2. The molecule has 0 radical (unpaired) electrons. The third-order valence-electron chi connectivity index (χ3n) is 7.44. The van der Waals surface area contributed by atoms with E-state index >= 15 is 0 Å². The Balaban J connectivity index is 1.54. The predicted molar refractivity (Wildman–Crippen MR) is 162 cm³/mol. The Morgan fingerprint density at radius 2 is 1.29 bits per heavy atom. The lowest BCUT2D eigenvalue weighted by Gasteiger charge is -2.10. The molecule has 3 heterocycles. The van der Waals surface area contributed by atoms with Gasteiger partial charge in [-0.2, -0.15) is 0 Å². The van der Waals surface area contributed by atoms with Gasteiger partial charge in [-0.25, -0.2) is 0 Å². The van der Waals surface area contributed by atoms with Gasteiger partial charge in [0.05, 0.1) is 22.2 Å². The molecule has 8 aromatic rings. The molecule has 0 amide bonds. The SMILES string of the molecule is c1ccc(-c2sc3c(ccc4c3c3ccccc3n4-c3cccc4cccnc34)c2-c2ccccc2)cc1. The zero-order valence-electron chi connectivity index (χ0n) is 20.5. The normalized spacial score (nSPS) is 11.7. The maximum absolute atomic E-state index is 4.79. The number of benzene rings is 5. The highest BCUT2D eigenvalue weighted by Crippen LogP contribution is 2.49. The second-order valence-electron chi connectivity index (χ2n) is 9.58. The second kappa shape index (κ2) is 8.41. The lowest BCUT2D eigenvalue weighted by Crippen LogP contribution is -1.96. The number of fused-ring (bicyclic) bond motifs is 6. The summed E-state index contributed by atoms with van der Waals surface area (Å²) in [6.45, 7) is 0. The Bertz CT molecular complexity index is 2110. The molecule has 38 heavy (non-hydrogen) atoms. The fourth-order valence-corrected chi connectivity index (χ4v) is 7.20. The van der Waals surface area contributed by atoms with E-state index < -0.39 is 0 Å². The van der Waals surface area contributed by atoms with Crippen molar-refractivity contribution in [2.75, 3.05) is 0 Å². The van der Waals surface area contributed by atoms with Crippen molar-refractivity contribution in [1.82, 2.24) is 9.55 Å². The molecule has 3 heteroatoms. The van der Waals surface area contributed by atoms with Gasteiger partial charge in [0.15, 0.2) is 0 Å². The van der Waals surface area contributed by atoms with Gasteiger partial charge >= 0.3 is 0 Å². The van der Waals surface area contributed by atoms with Crippen LogP contribution in [0.15, 0.2) is 134 Å². The Morgan fingerprint density at radius 1 is 0.553 bits per heavy atom. The lowest BCUT2D eigenvalue weighted by molar-refractivity contribution is 1.18. The molecule has 3 aromatic heterocycles. The summed E-state index contributed by atoms with van der Waals surface area (Å²) in [7, 11) is 0. The first-order valence-electron chi connectivity index (χ1n) is 12.8. The molecule has 8 rings (SSSR count). The highest BCUT2D eigenvalue weighted by atomic mass is 32.1. The molecule has 2 nitrogen and oxygen atoms in total. The van der Waals surface area contributed by atoms with E-state index in [1.807, 2.05) is 23.6 Å². The monoisotopic (exact) mass is 502 g/mol. The Kier molecular flexibility index (Phi) is 4.73. The van der Waals surface area contributed by atoms with Crippen molar-refractivity contribution in [3.05, 3.63) is 134 Å². The Morgan fingerprint density at radius 3 is 2.13 bits per heavy atom. The molecule has 0 unspecified atom stereocenters. The third-order valence-corrected chi connectivity index (χ3v) is 8.71. The second-order valence-corrected chi connectivity index (χ2v) is 10.6. The summed E-state index contributed by atoms with van der Waals surface area (Å²) in [5.74, 6) is 0. The summed E-state index contributed by atoms with van der Waals surface area (Å²) in [5, 5.41) is 5.01. The summed E-state index contributed by atoms with van der Waals surface area (Å²) in [6, 6.07) is 45.6. The van der Waals surface area contributed by atoms with E-state index in [4.69, 9.17) is 4.98 Å². The minimum atomic E-state index is 1.01. The fraction of sp³-hybridized carbons (Fsp3) is 0. The molecule has 178 valence electrons. The van der Waals surface area contributed by atoms with E-state index in [-0.39, 0.29) is 0 Å². The average Bonchev–Trinajstić information content (AvgIpc) is 3.54. The van der Waals surface area contributed by atoms with Gasteiger partial charge in [-0.05, 0) is 35.4 Å². The Hall–Kier alpha value is -4.73. The number of pyridine rings is 1. The third kappa shape index (κ3) is 3.09. The highest BCUT2D eigenvalue weighted by Gasteiger charge is 2.22. The van der Waals surface area contributed by atoms with Crippen molar-refractivity contribution in [3.63, 3.8) is 0 Å². The molecule has 0 aliphatic rings. The van der Waals surface area contributed by atoms with Gasteiger partial charge in [0.25, 0.3) is 0 Å². The predicted octanol–water partition coefficient (Wildman–Crippen LogP) is 9.88. The Labute approximate surface area is 224 Å². The number of thiophene rings is 1. The van der Waals surface area contributed by atoms with Crippen LogP contribution < -0.4 is 0 Å². The number of hydrogen-bond acceptors (Lipinski definition) is 2. The van der Waals surface area contributed by atoms with Crippen molar-refractivity contribution in [2.24, 2.45) is 0 Å². The van der Waals surface area contributed by atoms with Gasteiger partial charge in [0.2, 0.25) is 0 Å². The molecule has 0 saturated heterocycles. The van der Waals surface area contributed by atoms with E-state index in [0.717, 1.165) is 16.6 Å². The molecule has 5 aromatic carbocycles. The number of nitrogens with zero attached hydrogens (tertiary/aromatic N) is 2.